The molecule has 5 rings (SSSR count). The summed E-state index contributed by atoms with van der Waals surface area (Å²) in [6.07, 6.45) is 7.89. The fraction of sp³-hybridized carbons (Fsp3) is 0.581. The Balaban J connectivity index is 1.64. The van der Waals surface area contributed by atoms with E-state index >= 15 is 0 Å². The summed E-state index contributed by atoms with van der Waals surface area (Å²) in [6.45, 7) is 0. The minimum Gasteiger partial charge on any atom is -0.508 e. The van der Waals surface area contributed by atoms with Crippen molar-refractivity contribution in [3.63, 3.8) is 0 Å². The number of aliphatic hydroxyl groups excluding tert-OH is 2. The molecule has 0 radical (unpaired) electrons. The molecule has 10 nitrogen and oxygen atoms in total. The number of aromatic hydroxyl groups is 1. The first-order chi connectivity index (χ1) is 19.3. The quantitative estimate of drug-likeness (QED) is 0.325. The maximum Gasteiger partial charge on any atom is 0.255 e. The lowest BCUT2D eigenvalue weighted by Crippen LogP contribution is -2.65. The van der Waals surface area contributed by atoms with Crippen LogP contribution in [0.2, 0.25) is 0 Å². The van der Waals surface area contributed by atoms with E-state index in [9.17, 15) is 34.8 Å². The molecule has 0 aliphatic heterocycles. The van der Waals surface area contributed by atoms with Crippen molar-refractivity contribution < 1.29 is 34.8 Å². The highest BCUT2D eigenvalue weighted by Gasteiger charge is 2.64. The molecule has 0 spiro atoms. The lowest BCUT2D eigenvalue weighted by molar-refractivity contribution is -0.153. The van der Waals surface area contributed by atoms with E-state index in [1.54, 1.807) is 14.1 Å². The van der Waals surface area contributed by atoms with E-state index in [1.165, 1.54) is 24.2 Å². The Morgan fingerprint density at radius 2 is 1.73 bits per heavy atom. The van der Waals surface area contributed by atoms with Gasteiger partial charge in [-0.15, -0.1) is 0 Å². The van der Waals surface area contributed by atoms with Gasteiger partial charge in [-0.05, 0) is 68.8 Å². The number of phenolic OH excluding ortho intramolecular Hbond substituents is 1. The number of hydrogen-bond donors (Lipinski definition) is 5. The van der Waals surface area contributed by atoms with Crippen LogP contribution in [0.25, 0.3) is 5.76 Å². The van der Waals surface area contributed by atoms with Gasteiger partial charge in [0.2, 0.25) is 5.78 Å². The van der Waals surface area contributed by atoms with E-state index in [1.807, 2.05) is 25.1 Å². The first kappa shape index (κ1) is 29.1. The summed E-state index contributed by atoms with van der Waals surface area (Å²) < 4.78 is 0. The number of aryl methyl sites for hydroxylation is 1. The number of likely N-dealkylation sites (N-methyl/N-ethyl adjacent to an activating group) is 1. The molecule has 4 aliphatic rings. The van der Waals surface area contributed by atoms with E-state index in [4.69, 9.17) is 5.73 Å². The zero-order valence-electron chi connectivity index (χ0n) is 24.2. The molecule has 0 saturated heterocycles. The van der Waals surface area contributed by atoms with Gasteiger partial charge in [0.15, 0.2) is 11.4 Å². The number of benzene rings is 1. The molecule has 0 bridgehead atoms. The van der Waals surface area contributed by atoms with Crippen LogP contribution in [0.15, 0.2) is 23.0 Å². The highest BCUT2D eigenvalue weighted by molar-refractivity contribution is 6.24. The van der Waals surface area contributed by atoms with Crippen LogP contribution in [0.5, 0.6) is 5.75 Å². The number of aliphatic hydroxyl groups is 3. The molecule has 1 aromatic rings. The van der Waals surface area contributed by atoms with E-state index < -0.39 is 58.0 Å². The predicted molar refractivity (Wildman–Crippen MR) is 153 cm³/mol. The number of carbonyl (C=O) groups is 3. The molecular formula is C31H41N3O7. The normalized spacial score (nSPS) is 28.5. The Kier molecular flexibility index (Phi) is 7.44. The van der Waals surface area contributed by atoms with Gasteiger partial charge in [-0.1, -0.05) is 32.1 Å². The average molecular weight is 568 g/mol. The number of fused-ring (bicyclic) bond motifs is 3. The van der Waals surface area contributed by atoms with Gasteiger partial charge in [0.1, 0.15) is 22.8 Å². The van der Waals surface area contributed by atoms with E-state index in [2.05, 4.69) is 0 Å². The highest BCUT2D eigenvalue weighted by atomic mass is 16.3. The Bertz CT molecular complexity index is 1370. The number of nitrogens with zero attached hydrogens (tertiary/aromatic N) is 2. The number of nitrogens with two attached hydrogens (primary N) is 1. The van der Waals surface area contributed by atoms with Crippen molar-refractivity contribution in [2.24, 2.45) is 23.5 Å². The molecule has 10 heteroatoms. The molecular weight excluding hydrogens is 526 g/mol. The van der Waals surface area contributed by atoms with Crippen molar-refractivity contribution in [1.82, 2.24) is 4.90 Å². The van der Waals surface area contributed by atoms with Crippen molar-refractivity contribution in [3.05, 3.63) is 39.7 Å². The molecule has 222 valence electrons. The minimum atomic E-state index is -2.64. The van der Waals surface area contributed by atoms with Gasteiger partial charge in [-0.3, -0.25) is 19.3 Å². The molecule has 1 amide bonds. The molecule has 1 unspecified atom stereocenters. The summed E-state index contributed by atoms with van der Waals surface area (Å²) in [5.41, 5.74) is 4.17. The van der Waals surface area contributed by atoms with Crippen molar-refractivity contribution in [2.45, 2.75) is 69.4 Å². The number of anilines is 1. The van der Waals surface area contributed by atoms with Gasteiger partial charge in [-0.2, -0.15) is 0 Å². The van der Waals surface area contributed by atoms with Crippen molar-refractivity contribution in [3.8, 4) is 5.75 Å². The highest BCUT2D eigenvalue weighted by Crippen LogP contribution is 2.54. The monoisotopic (exact) mass is 567 g/mol. The molecule has 2 saturated carbocycles. The van der Waals surface area contributed by atoms with Gasteiger partial charge >= 0.3 is 0 Å². The maximum atomic E-state index is 14.1. The largest absolute Gasteiger partial charge is 0.508 e. The van der Waals surface area contributed by atoms with Gasteiger partial charge in [0.05, 0.1) is 11.6 Å². The summed E-state index contributed by atoms with van der Waals surface area (Å²) in [7, 11) is 6.94. The zero-order valence-corrected chi connectivity index (χ0v) is 24.2. The topological polar surface area (TPSA) is 165 Å². The van der Waals surface area contributed by atoms with Gasteiger partial charge in [0, 0.05) is 31.3 Å². The number of hydrogen-bond acceptors (Lipinski definition) is 9. The van der Waals surface area contributed by atoms with E-state index in [0.717, 1.165) is 24.9 Å². The van der Waals surface area contributed by atoms with Crippen LogP contribution < -0.4 is 10.6 Å². The van der Waals surface area contributed by atoms with Crippen molar-refractivity contribution >= 4 is 28.9 Å². The smallest absolute Gasteiger partial charge is 0.255 e. The predicted octanol–water partition coefficient (Wildman–Crippen LogP) is 2.54. The standard InChI is InChI=1S/C31H41N3O7/c1-33(2)20-14-16(11-10-15-8-6-5-7-9-15)25(35)22-18(20)12-17-13-19-24(34(3)4)27(37)23(30(32)40)29(39)31(19,41)28(38)21(17)26(22)36/h14-15,17,19,24,35-36,39,41H,5-13H2,1-4H3,(H2,32,40)/t17-,19-,24?,31-/m0/s1. The third-order valence-corrected chi connectivity index (χ3v) is 9.80. The molecule has 41 heavy (non-hydrogen) atoms. The van der Waals surface area contributed by atoms with Crippen LogP contribution in [-0.4, -0.2) is 82.6 Å². The fourth-order valence-electron chi connectivity index (χ4n) is 7.77. The summed E-state index contributed by atoms with van der Waals surface area (Å²) in [4.78, 5) is 43.0. The molecule has 4 aliphatic carbocycles. The summed E-state index contributed by atoms with van der Waals surface area (Å²) in [5.74, 6) is -5.71. The van der Waals surface area contributed by atoms with E-state index in [0.29, 0.717) is 23.5 Å². The summed E-state index contributed by atoms with van der Waals surface area (Å²) in [5, 5.41) is 46.0. The van der Waals surface area contributed by atoms with Crippen molar-refractivity contribution in [2.75, 3.05) is 33.1 Å². The summed E-state index contributed by atoms with van der Waals surface area (Å²) >= 11 is 0. The Morgan fingerprint density at radius 3 is 2.32 bits per heavy atom. The van der Waals surface area contributed by atoms with E-state index in [-0.39, 0.29) is 29.7 Å². The van der Waals surface area contributed by atoms with Crippen molar-refractivity contribution in [1.29, 1.82) is 0 Å². The van der Waals surface area contributed by atoms with Gasteiger partial charge in [-0.25, -0.2) is 0 Å². The second kappa shape index (κ2) is 10.5. The number of primary amides is 1. The van der Waals surface area contributed by atoms with Crippen LogP contribution in [-0.2, 0) is 27.2 Å². The SMILES string of the molecule is CN(C)c1cc(CCC2CCCCC2)c(O)c2c1C[C@H]1C[C@H]3C(N(C)C)C(=O)C(C(N)=O)=C(O)[C@@]3(O)C(=O)C1=C2O. The first-order valence-electron chi connectivity index (χ1n) is 14.5. The molecule has 0 heterocycles. The Morgan fingerprint density at radius 1 is 1.07 bits per heavy atom. The molecule has 6 N–H and O–H groups in total. The number of Topliss-reactive ketones (excluding diaryl/α,β-unsaturated/α-hetero) is 2. The van der Waals surface area contributed by atoms with Crippen LogP contribution in [0, 0.1) is 17.8 Å². The molecule has 2 fully saturated rings. The first-order valence-corrected chi connectivity index (χ1v) is 14.5. The molecule has 0 aromatic heterocycles. The summed E-state index contributed by atoms with van der Waals surface area (Å²) in [6, 6.07) is 0.854. The Hall–Kier alpha value is -3.37. The average Bonchev–Trinajstić information content (AvgIpc) is 2.90. The second-order valence-corrected chi connectivity index (χ2v) is 12.7. The van der Waals surface area contributed by atoms with Crippen LogP contribution in [0.3, 0.4) is 0 Å². The second-order valence-electron chi connectivity index (χ2n) is 12.7. The molecule has 4 atom stereocenters. The lowest BCUT2D eigenvalue weighted by atomic mass is 9.57. The number of carbonyl (C=O) groups excluding carboxylic acids is 3. The number of amides is 1. The Labute approximate surface area is 240 Å². The number of phenols is 1. The number of ketones is 2. The number of rotatable bonds is 6. The third kappa shape index (κ3) is 4.43. The lowest BCUT2D eigenvalue weighted by Gasteiger charge is -2.50. The minimum absolute atomic E-state index is 0.0722. The van der Waals surface area contributed by atoms with Gasteiger partial charge in [0.25, 0.3) is 5.91 Å². The van der Waals surface area contributed by atoms with Crippen LogP contribution in [0.1, 0.15) is 61.6 Å². The fourth-order valence-corrected chi connectivity index (χ4v) is 7.77. The van der Waals surface area contributed by atoms with Crippen LogP contribution in [0.4, 0.5) is 5.69 Å². The van der Waals surface area contributed by atoms with Gasteiger partial charge < -0.3 is 31.1 Å². The third-order valence-electron chi connectivity index (χ3n) is 9.80. The zero-order chi connectivity index (χ0) is 30.0. The van der Waals surface area contributed by atoms with Crippen LogP contribution >= 0.6 is 0 Å². The molecule has 1 aromatic carbocycles. The maximum absolute atomic E-state index is 14.1.